The van der Waals surface area contributed by atoms with Gasteiger partial charge in [0.05, 0.1) is 6.10 Å². The van der Waals surface area contributed by atoms with Gasteiger partial charge in [-0.05, 0) is 37.3 Å². The molecule has 24 heavy (non-hydrogen) atoms. The van der Waals surface area contributed by atoms with Gasteiger partial charge in [-0.25, -0.2) is 0 Å². The molecular formula is C18H27N3O3. The summed E-state index contributed by atoms with van der Waals surface area (Å²) in [4.78, 5) is 26.4. The van der Waals surface area contributed by atoms with Crippen molar-refractivity contribution >= 4 is 5.91 Å². The second kappa shape index (κ2) is 9.24. The van der Waals surface area contributed by atoms with E-state index in [2.05, 4.69) is 10.3 Å². The van der Waals surface area contributed by atoms with Gasteiger partial charge < -0.3 is 15.4 Å². The van der Waals surface area contributed by atoms with Crippen molar-refractivity contribution in [2.75, 3.05) is 6.54 Å². The fourth-order valence-electron chi connectivity index (χ4n) is 2.97. The summed E-state index contributed by atoms with van der Waals surface area (Å²) in [5.74, 6) is 0.0377. The van der Waals surface area contributed by atoms with Gasteiger partial charge in [0.1, 0.15) is 11.6 Å². The number of aromatic amines is 1. The van der Waals surface area contributed by atoms with Crippen LogP contribution in [0.2, 0.25) is 0 Å². The van der Waals surface area contributed by atoms with E-state index in [9.17, 15) is 14.7 Å². The van der Waals surface area contributed by atoms with E-state index in [-0.39, 0.29) is 30.4 Å². The first-order valence-corrected chi connectivity index (χ1v) is 8.42. The average molecular weight is 333 g/mol. The molecule has 1 aromatic heterocycles. The number of amides is 1. The van der Waals surface area contributed by atoms with Gasteiger partial charge in [-0.1, -0.05) is 26.7 Å². The van der Waals surface area contributed by atoms with Gasteiger partial charge in [-0.15, -0.1) is 0 Å². The summed E-state index contributed by atoms with van der Waals surface area (Å²) < 4.78 is 0. The molecule has 0 radical (unpaired) electrons. The van der Waals surface area contributed by atoms with Crippen molar-refractivity contribution in [2.24, 2.45) is 5.92 Å². The van der Waals surface area contributed by atoms with Crippen molar-refractivity contribution in [2.45, 2.75) is 59.5 Å². The highest BCUT2D eigenvalue weighted by Gasteiger charge is 2.17. The number of hydrogen-bond acceptors (Lipinski definition) is 4. The monoisotopic (exact) mass is 333 g/mol. The van der Waals surface area contributed by atoms with Crippen LogP contribution in [0.3, 0.4) is 0 Å². The Balaban J connectivity index is 2.66. The van der Waals surface area contributed by atoms with Gasteiger partial charge in [0.2, 0.25) is 5.91 Å². The fraction of sp³-hybridized carbons (Fsp3) is 0.611. The topological polar surface area (TPSA) is 106 Å². The van der Waals surface area contributed by atoms with Gasteiger partial charge in [0.25, 0.3) is 5.56 Å². The van der Waals surface area contributed by atoms with Crippen molar-refractivity contribution in [1.29, 1.82) is 5.26 Å². The Hall–Kier alpha value is -2.13. The standard InChI is InChI=1S/C18H27N3O3/c1-5-13(6-2)16(22)10-20-17(23)8-7-14-11(3)15(9-19)18(24)21-12(14)4/h13,16,22H,5-8,10H2,1-4H3,(H,20,23)(H,21,24). The lowest BCUT2D eigenvalue weighted by atomic mass is 9.96. The zero-order valence-electron chi connectivity index (χ0n) is 14.9. The van der Waals surface area contributed by atoms with Crippen molar-refractivity contribution < 1.29 is 9.90 Å². The summed E-state index contributed by atoms with van der Waals surface area (Å²) in [6, 6.07) is 1.91. The van der Waals surface area contributed by atoms with Gasteiger partial charge in [0, 0.05) is 18.7 Å². The molecule has 0 aliphatic rings. The van der Waals surface area contributed by atoms with E-state index in [1.54, 1.807) is 13.8 Å². The third kappa shape index (κ3) is 4.93. The molecule has 0 aliphatic heterocycles. The van der Waals surface area contributed by atoms with Gasteiger partial charge >= 0.3 is 0 Å². The number of aryl methyl sites for hydroxylation is 1. The largest absolute Gasteiger partial charge is 0.391 e. The molecule has 1 rings (SSSR count). The number of aliphatic hydroxyl groups is 1. The molecule has 0 aliphatic carbocycles. The minimum atomic E-state index is -0.536. The molecule has 1 heterocycles. The van der Waals surface area contributed by atoms with Crippen LogP contribution >= 0.6 is 0 Å². The van der Waals surface area contributed by atoms with Crippen LogP contribution in [0.15, 0.2) is 4.79 Å². The molecular weight excluding hydrogens is 306 g/mol. The molecule has 0 saturated carbocycles. The Morgan fingerprint density at radius 1 is 1.33 bits per heavy atom. The fourth-order valence-corrected chi connectivity index (χ4v) is 2.97. The Morgan fingerprint density at radius 2 is 1.96 bits per heavy atom. The molecule has 0 bridgehead atoms. The number of nitrogens with one attached hydrogen (secondary N) is 2. The number of pyridine rings is 1. The first kappa shape index (κ1) is 19.9. The number of H-pyrrole nitrogens is 1. The van der Waals surface area contributed by atoms with Gasteiger partial charge in [0.15, 0.2) is 0 Å². The highest BCUT2D eigenvalue weighted by Crippen LogP contribution is 2.15. The zero-order chi connectivity index (χ0) is 18.3. The molecule has 0 saturated heterocycles. The number of nitriles is 1. The van der Waals surface area contributed by atoms with Crippen molar-refractivity contribution in [3.8, 4) is 6.07 Å². The van der Waals surface area contributed by atoms with E-state index in [0.29, 0.717) is 17.7 Å². The predicted molar refractivity (Wildman–Crippen MR) is 92.7 cm³/mol. The number of nitrogens with zero attached hydrogens (tertiary/aromatic N) is 1. The summed E-state index contributed by atoms with van der Waals surface area (Å²) in [5, 5.41) is 21.9. The lowest BCUT2D eigenvalue weighted by molar-refractivity contribution is -0.121. The smallest absolute Gasteiger partial charge is 0.266 e. The summed E-state index contributed by atoms with van der Waals surface area (Å²) in [7, 11) is 0. The predicted octanol–water partition coefficient (Wildman–Crippen LogP) is 1.71. The molecule has 132 valence electrons. The SMILES string of the molecule is CCC(CC)C(O)CNC(=O)CCc1c(C)[nH]c(=O)c(C#N)c1C. The van der Waals surface area contributed by atoms with Crippen LogP contribution in [0.5, 0.6) is 0 Å². The van der Waals surface area contributed by atoms with Crippen LogP contribution in [0.4, 0.5) is 0 Å². The minimum Gasteiger partial charge on any atom is -0.391 e. The maximum absolute atomic E-state index is 12.0. The normalized spacial score (nSPS) is 12.0. The Morgan fingerprint density at radius 3 is 2.50 bits per heavy atom. The van der Waals surface area contributed by atoms with Crippen LogP contribution in [-0.2, 0) is 11.2 Å². The maximum Gasteiger partial charge on any atom is 0.266 e. The third-order valence-corrected chi connectivity index (χ3v) is 4.62. The number of carbonyl (C=O) groups is 1. The second-order valence-electron chi connectivity index (χ2n) is 6.12. The quantitative estimate of drug-likeness (QED) is 0.673. The number of rotatable bonds is 8. The maximum atomic E-state index is 12.0. The summed E-state index contributed by atoms with van der Waals surface area (Å²) in [6.45, 7) is 7.78. The molecule has 0 fully saturated rings. The molecule has 1 amide bonds. The lowest BCUT2D eigenvalue weighted by Crippen LogP contribution is -2.36. The van der Waals surface area contributed by atoms with Crippen LogP contribution in [-0.4, -0.2) is 28.6 Å². The summed E-state index contributed by atoms with van der Waals surface area (Å²) in [6.07, 6.45) is 1.90. The molecule has 1 aromatic rings. The zero-order valence-corrected chi connectivity index (χ0v) is 14.9. The van der Waals surface area contributed by atoms with Crippen LogP contribution in [0.25, 0.3) is 0 Å². The Kier molecular flexibility index (Phi) is 7.66. The van der Waals surface area contributed by atoms with Crippen LogP contribution in [0, 0.1) is 31.1 Å². The number of aromatic nitrogens is 1. The lowest BCUT2D eigenvalue weighted by Gasteiger charge is -2.20. The molecule has 3 N–H and O–H groups in total. The van der Waals surface area contributed by atoms with Crippen molar-refractivity contribution in [3.63, 3.8) is 0 Å². The van der Waals surface area contributed by atoms with E-state index < -0.39 is 11.7 Å². The molecule has 6 heteroatoms. The minimum absolute atomic E-state index is 0.0974. The molecule has 1 atom stereocenters. The summed E-state index contributed by atoms with van der Waals surface area (Å²) in [5.41, 5.74) is 1.83. The number of hydrogen-bond donors (Lipinski definition) is 3. The first-order valence-electron chi connectivity index (χ1n) is 8.42. The third-order valence-electron chi connectivity index (χ3n) is 4.62. The Bertz CT molecular complexity index is 669. The van der Waals surface area contributed by atoms with E-state index >= 15 is 0 Å². The molecule has 6 nitrogen and oxygen atoms in total. The van der Waals surface area contributed by atoms with Crippen molar-refractivity contribution in [3.05, 3.63) is 32.7 Å². The first-order chi connectivity index (χ1) is 11.3. The van der Waals surface area contributed by atoms with Gasteiger partial charge in [-0.3, -0.25) is 9.59 Å². The number of carbonyl (C=O) groups excluding carboxylic acids is 1. The van der Waals surface area contributed by atoms with E-state index in [0.717, 1.165) is 18.4 Å². The molecule has 0 spiro atoms. The highest BCUT2D eigenvalue weighted by molar-refractivity contribution is 5.76. The molecule has 0 aromatic carbocycles. The van der Waals surface area contributed by atoms with Crippen molar-refractivity contribution in [1.82, 2.24) is 10.3 Å². The van der Waals surface area contributed by atoms with Gasteiger partial charge in [-0.2, -0.15) is 5.26 Å². The molecule has 1 unspecified atom stereocenters. The van der Waals surface area contributed by atoms with E-state index in [1.807, 2.05) is 19.9 Å². The van der Waals surface area contributed by atoms with Crippen LogP contribution in [0.1, 0.15) is 55.5 Å². The second-order valence-corrected chi connectivity index (χ2v) is 6.12. The number of aliphatic hydroxyl groups excluding tert-OH is 1. The average Bonchev–Trinajstić information content (AvgIpc) is 2.53. The van der Waals surface area contributed by atoms with Crippen LogP contribution < -0.4 is 10.9 Å². The Labute approximate surface area is 142 Å². The summed E-state index contributed by atoms with van der Waals surface area (Å²) >= 11 is 0. The highest BCUT2D eigenvalue weighted by atomic mass is 16.3. The van der Waals surface area contributed by atoms with E-state index in [4.69, 9.17) is 5.26 Å². The van der Waals surface area contributed by atoms with E-state index in [1.165, 1.54) is 0 Å².